The van der Waals surface area contributed by atoms with Gasteiger partial charge in [0.05, 0.1) is 0 Å². The van der Waals surface area contributed by atoms with E-state index in [1.807, 2.05) is 30.3 Å². The third-order valence-corrected chi connectivity index (χ3v) is 2.38. The fourth-order valence-corrected chi connectivity index (χ4v) is 1.67. The van der Waals surface area contributed by atoms with Crippen LogP contribution in [0, 0.1) is 0 Å². The van der Waals surface area contributed by atoms with Crippen molar-refractivity contribution >= 4 is 17.2 Å². The van der Waals surface area contributed by atoms with Gasteiger partial charge >= 0.3 is 0 Å². The number of halogens is 1. The molecule has 6 heteroatoms. The van der Waals surface area contributed by atoms with Gasteiger partial charge in [-0.05, 0) is 10.4 Å². The van der Waals surface area contributed by atoms with Crippen molar-refractivity contribution in [1.82, 2.24) is 25.0 Å². The summed E-state index contributed by atoms with van der Waals surface area (Å²) < 4.78 is 1.56. The Balaban J connectivity index is 2.34. The van der Waals surface area contributed by atoms with Crippen LogP contribution in [0.4, 0.5) is 0 Å². The highest BCUT2D eigenvalue weighted by Gasteiger charge is 2.09. The fourth-order valence-electron chi connectivity index (χ4n) is 1.50. The number of hydrogen-bond donors (Lipinski definition) is 0. The Morgan fingerprint density at radius 3 is 2.75 bits per heavy atom. The van der Waals surface area contributed by atoms with Crippen molar-refractivity contribution in [3.63, 3.8) is 0 Å². The molecule has 0 amide bonds. The molecule has 0 aliphatic carbocycles. The molecule has 0 atom stereocenters. The van der Waals surface area contributed by atoms with Gasteiger partial charge in [0.2, 0.25) is 0 Å². The lowest BCUT2D eigenvalue weighted by Crippen LogP contribution is -1.98. The Morgan fingerprint density at radius 2 is 1.94 bits per heavy atom. The first kappa shape index (κ1) is 9.23. The van der Waals surface area contributed by atoms with Gasteiger partial charge in [-0.3, -0.25) is 0 Å². The lowest BCUT2D eigenvalue weighted by molar-refractivity contribution is 0.816. The minimum atomic E-state index is 0.376. The highest BCUT2D eigenvalue weighted by molar-refractivity contribution is 6.29. The van der Waals surface area contributed by atoms with E-state index in [-0.39, 0.29) is 0 Å². The smallest absolute Gasteiger partial charge is 0.184 e. The number of fused-ring (bicyclic) bond motifs is 1. The number of hydrogen-bond acceptors (Lipinski definition) is 4. The number of tetrazole rings is 1. The number of nitrogens with zero attached hydrogens (tertiary/aromatic N) is 5. The zero-order valence-corrected chi connectivity index (χ0v) is 8.83. The summed E-state index contributed by atoms with van der Waals surface area (Å²) in [5, 5.41) is 11.7. The second kappa shape index (κ2) is 3.53. The molecule has 0 unspecified atom stereocenters. The van der Waals surface area contributed by atoms with Crippen LogP contribution in [0.2, 0.25) is 5.15 Å². The van der Waals surface area contributed by atoms with E-state index in [1.54, 1.807) is 10.6 Å². The van der Waals surface area contributed by atoms with E-state index in [2.05, 4.69) is 20.5 Å². The van der Waals surface area contributed by atoms with Gasteiger partial charge in [-0.2, -0.15) is 4.52 Å². The van der Waals surface area contributed by atoms with Crippen LogP contribution in [0.25, 0.3) is 17.0 Å². The molecule has 1 aromatic carbocycles. The predicted octanol–water partition coefficient (Wildman–Crippen LogP) is 1.84. The number of aromatic nitrogens is 5. The molecule has 0 saturated carbocycles. The van der Waals surface area contributed by atoms with E-state index < -0.39 is 0 Å². The fraction of sp³-hybridized carbons (Fsp3) is 0. The second-order valence-corrected chi connectivity index (χ2v) is 3.60. The van der Waals surface area contributed by atoms with Crippen LogP contribution < -0.4 is 0 Å². The molecule has 16 heavy (non-hydrogen) atoms. The maximum absolute atomic E-state index is 5.91. The normalized spacial score (nSPS) is 10.8. The van der Waals surface area contributed by atoms with Gasteiger partial charge in [-0.25, -0.2) is 4.98 Å². The molecular weight excluding hydrogens is 226 g/mol. The SMILES string of the molecule is Clc1cc2nnnn2c(-c2ccccc2)n1. The molecule has 0 radical (unpaired) electrons. The molecule has 78 valence electrons. The van der Waals surface area contributed by atoms with Crippen molar-refractivity contribution in [2.75, 3.05) is 0 Å². The van der Waals surface area contributed by atoms with Crippen LogP contribution in [0.5, 0.6) is 0 Å². The number of rotatable bonds is 1. The van der Waals surface area contributed by atoms with Crippen molar-refractivity contribution in [3.05, 3.63) is 41.6 Å². The maximum atomic E-state index is 5.91. The van der Waals surface area contributed by atoms with Gasteiger partial charge < -0.3 is 0 Å². The Labute approximate surface area is 95.7 Å². The first-order chi connectivity index (χ1) is 7.84. The Hall–Kier alpha value is -2.01. The van der Waals surface area contributed by atoms with E-state index in [0.717, 1.165) is 5.56 Å². The topological polar surface area (TPSA) is 56.0 Å². The van der Waals surface area contributed by atoms with Gasteiger partial charge in [0, 0.05) is 11.6 Å². The van der Waals surface area contributed by atoms with Crippen molar-refractivity contribution < 1.29 is 0 Å². The monoisotopic (exact) mass is 231 g/mol. The molecule has 0 fully saturated rings. The Bertz CT molecular complexity index is 634. The van der Waals surface area contributed by atoms with Crippen molar-refractivity contribution in [2.45, 2.75) is 0 Å². The van der Waals surface area contributed by atoms with Crippen LogP contribution in [0.1, 0.15) is 0 Å². The number of benzene rings is 1. The molecule has 3 rings (SSSR count). The molecule has 0 aliphatic heterocycles. The highest BCUT2D eigenvalue weighted by atomic mass is 35.5. The maximum Gasteiger partial charge on any atom is 0.184 e. The highest BCUT2D eigenvalue weighted by Crippen LogP contribution is 2.19. The molecule has 3 aromatic rings. The minimum absolute atomic E-state index is 0.376. The summed E-state index contributed by atoms with van der Waals surface area (Å²) in [6.07, 6.45) is 0. The van der Waals surface area contributed by atoms with E-state index in [0.29, 0.717) is 16.6 Å². The summed E-state index contributed by atoms with van der Waals surface area (Å²) in [5.74, 6) is 0.633. The summed E-state index contributed by atoms with van der Waals surface area (Å²) in [6.45, 7) is 0. The quantitative estimate of drug-likeness (QED) is 0.600. The zero-order chi connectivity index (χ0) is 11.0. The zero-order valence-electron chi connectivity index (χ0n) is 8.08. The summed E-state index contributed by atoms with van der Waals surface area (Å²) >= 11 is 5.91. The van der Waals surface area contributed by atoms with Crippen molar-refractivity contribution in [3.8, 4) is 11.4 Å². The lowest BCUT2D eigenvalue weighted by atomic mass is 10.2. The van der Waals surface area contributed by atoms with Gasteiger partial charge in [0.1, 0.15) is 5.15 Å². The second-order valence-electron chi connectivity index (χ2n) is 3.22. The van der Waals surface area contributed by atoms with E-state index in [1.165, 1.54) is 0 Å². The molecule has 0 saturated heterocycles. The first-order valence-corrected chi connectivity index (χ1v) is 5.02. The van der Waals surface area contributed by atoms with Crippen LogP contribution in [-0.4, -0.2) is 25.0 Å². The molecule has 5 nitrogen and oxygen atoms in total. The van der Waals surface area contributed by atoms with Crippen LogP contribution >= 0.6 is 11.6 Å². The van der Waals surface area contributed by atoms with Crippen molar-refractivity contribution in [1.29, 1.82) is 0 Å². The van der Waals surface area contributed by atoms with Gasteiger partial charge in [0.25, 0.3) is 0 Å². The summed E-state index contributed by atoms with van der Waals surface area (Å²) in [6, 6.07) is 11.3. The Kier molecular flexibility index (Phi) is 2.04. The first-order valence-electron chi connectivity index (χ1n) is 4.65. The third kappa shape index (κ3) is 1.42. The van der Waals surface area contributed by atoms with Gasteiger partial charge in [0.15, 0.2) is 11.5 Å². The van der Waals surface area contributed by atoms with Gasteiger partial charge in [-0.15, -0.1) is 5.10 Å². The summed E-state index contributed by atoms with van der Waals surface area (Å²) in [4.78, 5) is 4.23. The average Bonchev–Trinajstić information content (AvgIpc) is 2.77. The summed E-state index contributed by atoms with van der Waals surface area (Å²) in [5.41, 5.74) is 1.50. The standard InChI is InChI=1S/C10H6ClN5/c11-8-6-9-13-14-15-16(9)10(12-8)7-4-2-1-3-5-7/h1-6H. The molecular formula is C10H6ClN5. The molecule has 0 N–H and O–H groups in total. The molecule has 0 bridgehead atoms. The largest absolute Gasteiger partial charge is 0.216 e. The Morgan fingerprint density at radius 1 is 1.12 bits per heavy atom. The van der Waals surface area contributed by atoms with E-state index in [4.69, 9.17) is 11.6 Å². The third-order valence-electron chi connectivity index (χ3n) is 2.19. The molecule has 2 heterocycles. The van der Waals surface area contributed by atoms with Crippen LogP contribution in [0.15, 0.2) is 36.4 Å². The predicted molar refractivity (Wildman–Crippen MR) is 59.0 cm³/mol. The lowest BCUT2D eigenvalue weighted by Gasteiger charge is -2.02. The van der Waals surface area contributed by atoms with Crippen LogP contribution in [-0.2, 0) is 0 Å². The van der Waals surface area contributed by atoms with Crippen LogP contribution in [0.3, 0.4) is 0 Å². The molecule has 0 spiro atoms. The van der Waals surface area contributed by atoms with E-state index >= 15 is 0 Å². The van der Waals surface area contributed by atoms with Gasteiger partial charge in [-0.1, -0.05) is 41.9 Å². The molecule has 2 aromatic heterocycles. The average molecular weight is 232 g/mol. The van der Waals surface area contributed by atoms with E-state index in [9.17, 15) is 0 Å². The molecule has 0 aliphatic rings. The van der Waals surface area contributed by atoms with Crippen molar-refractivity contribution in [2.24, 2.45) is 0 Å². The summed E-state index contributed by atoms with van der Waals surface area (Å²) in [7, 11) is 0. The minimum Gasteiger partial charge on any atom is -0.216 e.